The number of aromatic nitrogens is 3. The van der Waals surface area contributed by atoms with Crippen molar-refractivity contribution in [3.8, 4) is 0 Å². The Balaban J connectivity index is 1.51. The fourth-order valence-electron chi connectivity index (χ4n) is 4.38. The van der Waals surface area contributed by atoms with Crippen LogP contribution in [0.1, 0.15) is 44.0 Å². The van der Waals surface area contributed by atoms with E-state index in [9.17, 15) is 4.79 Å². The van der Waals surface area contributed by atoms with Gasteiger partial charge in [-0.3, -0.25) is 4.79 Å². The minimum absolute atomic E-state index is 0.0349. The first-order chi connectivity index (χ1) is 15.5. The van der Waals surface area contributed by atoms with Gasteiger partial charge in [-0.25, -0.2) is 15.0 Å². The van der Waals surface area contributed by atoms with Crippen molar-refractivity contribution in [2.24, 2.45) is 5.92 Å². The number of anilines is 1. The summed E-state index contributed by atoms with van der Waals surface area (Å²) >= 11 is 3.15. The number of nitrogens with one attached hydrogen (secondary N) is 1. The summed E-state index contributed by atoms with van der Waals surface area (Å²) in [6.45, 7) is 6.42. The lowest BCUT2D eigenvalue weighted by Gasteiger charge is -2.12. The van der Waals surface area contributed by atoms with E-state index in [1.165, 1.54) is 40.4 Å². The molecule has 4 aromatic rings. The van der Waals surface area contributed by atoms with Gasteiger partial charge in [-0.15, -0.1) is 11.3 Å². The number of pyridine rings is 1. The summed E-state index contributed by atoms with van der Waals surface area (Å²) in [5.74, 6) is 0.543. The van der Waals surface area contributed by atoms with Crippen LogP contribution in [-0.4, -0.2) is 26.1 Å². The lowest BCUT2D eigenvalue weighted by Crippen LogP contribution is -2.22. The van der Waals surface area contributed by atoms with Gasteiger partial charge in [-0.1, -0.05) is 43.8 Å². The van der Waals surface area contributed by atoms with E-state index in [-0.39, 0.29) is 11.2 Å². The topological polar surface area (TPSA) is 67.8 Å². The first-order valence-corrected chi connectivity index (χ1v) is 12.8. The van der Waals surface area contributed by atoms with Crippen molar-refractivity contribution in [2.75, 3.05) is 5.32 Å². The molecule has 1 aliphatic rings. The maximum atomic E-state index is 12.7. The van der Waals surface area contributed by atoms with E-state index in [2.05, 4.69) is 29.1 Å². The number of fused-ring (bicyclic) bond motifs is 5. The lowest BCUT2D eigenvalue weighted by molar-refractivity contribution is -0.115. The molecule has 0 spiro atoms. The summed E-state index contributed by atoms with van der Waals surface area (Å²) in [6.07, 6.45) is 6.02. The van der Waals surface area contributed by atoms with E-state index in [1.807, 2.05) is 37.3 Å². The van der Waals surface area contributed by atoms with E-state index >= 15 is 0 Å². The predicted molar refractivity (Wildman–Crippen MR) is 134 cm³/mol. The number of carbonyl (C=O) groups excluding carboxylic acids is 1. The number of nitrogens with zero attached hydrogens (tertiary/aromatic N) is 3. The summed E-state index contributed by atoms with van der Waals surface area (Å²) in [4.78, 5) is 28.1. The van der Waals surface area contributed by atoms with Crippen LogP contribution < -0.4 is 5.32 Å². The molecule has 164 valence electrons. The molecule has 0 fully saturated rings. The second kappa shape index (κ2) is 8.79. The minimum atomic E-state index is -0.284. The van der Waals surface area contributed by atoms with Gasteiger partial charge in [-0.05, 0) is 61.8 Å². The molecule has 1 aliphatic carbocycles. The number of rotatable bonds is 6. The summed E-state index contributed by atoms with van der Waals surface area (Å²) in [7, 11) is 0. The molecular formula is C25H26N4OS2. The molecule has 3 aromatic heterocycles. The lowest BCUT2D eigenvalue weighted by atomic mass is 9.99. The summed E-state index contributed by atoms with van der Waals surface area (Å²) in [5.41, 5.74) is 5.91. The quantitative estimate of drug-likeness (QED) is 0.279. The third-order valence-electron chi connectivity index (χ3n) is 5.83. The number of para-hydroxylation sites is 1. The normalized spacial score (nSPS) is 14.2. The summed E-state index contributed by atoms with van der Waals surface area (Å²) in [5, 5.41) is 4.76. The smallest absolute Gasteiger partial charge is 0.237 e. The van der Waals surface area contributed by atoms with Gasteiger partial charge in [0.1, 0.15) is 16.2 Å². The Bertz CT molecular complexity index is 1300. The monoisotopic (exact) mass is 462 g/mol. The van der Waals surface area contributed by atoms with Gasteiger partial charge < -0.3 is 5.32 Å². The Hall–Kier alpha value is -2.51. The predicted octanol–water partition coefficient (Wildman–Crippen LogP) is 6.05. The van der Waals surface area contributed by atoms with Crippen molar-refractivity contribution in [2.45, 2.75) is 56.7 Å². The zero-order valence-corrected chi connectivity index (χ0v) is 20.1. The number of thioether (sulfide) groups is 1. The maximum Gasteiger partial charge on any atom is 0.237 e. The molecular weight excluding hydrogens is 436 g/mol. The number of aryl methyl sites for hydroxylation is 1. The molecule has 1 aromatic carbocycles. The number of thiophene rings is 1. The largest absolute Gasteiger partial charge is 0.325 e. The average Bonchev–Trinajstić information content (AvgIpc) is 3.39. The molecule has 7 heteroatoms. The molecule has 3 heterocycles. The van der Waals surface area contributed by atoms with Crippen LogP contribution in [0.4, 0.5) is 5.69 Å². The van der Waals surface area contributed by atoms with E-state index in [0.29, 0.717) is 5.92 Å². The second-order valence-electron chi connectivity index (χ2n) is 8.72. The molecule has 0 aliphatic heterocycles. The minimum Gasteiger partial charge on any atom is -0.325 e. The zero-order chi connectivity index (χ0) is 22.2. The van der Waals surface area contributed by atoms with Crippen LogP contribution in [-0.2, 0) is 24.1 Å². The standard InChI is InChI=1S/C25H26N4OS2/c1-14(2)12-19-17-10-7-11-18(17)20-21-22(32-24(20)29-19)25(27-13-26-21)31-15(3)23(30)28-16-8-5-4-6-9-16/h4-6,8-9,13-15H,7,10-12H2,1-3H3,(H,28,30). The highest BCUT2D eigenvalue weighted by Gasteiger charge is 2.25. The van der Waals surface area contributed by atoms with E-state index < -0.39 is 0 Å². The Morgan fingerprint density at radius 3 is 2.69 bits per heavy atom. The van der Waals surface area contributed by atoms with Gasteiger partial charge in [-0.2, -0.15) is 0 Å². The van der Waals surface area contributed by atoms with Crippen molar-refractivity contribution in [1.29, 1.82) is 0 Å². The van der Waals surface area contributed by atoms with Gasteiger partial charge in [0.25, 0.3) is 0 Å². The van der Waals surface area contributed by atoms with Crippen molar-refractivity contribution >= 4 is 55.1 Å². The van der Waals surface area contributed by atoms with Crippen molar-refractivity contribution < 1.29 is 4.79 Å². The van der Waals surface area contributed by atoms with E-state index in [4.69, 9.17) is 4.98 Å². The Morgan fingerprint density at radius 1 is 1.12 bits per heavy atom. The van der Waals surface area contributed by atoms with Crippen molar-refractivity contribution in [3.05, 3.63) is 53.5 Å². The van der Waals surface area contributed by atoms with Crippen molar-refractivity contribution in [1.82, 2.24) is 15.0 Å². The zero-order valence-electron chi connectivity index (χ0n) is 18.5. The Kier molecular flexibility index (Phi) is 5.86. The van der Waals surface area contributed by atoms with Crippen LogP contribution >= 0.6 is 23.1 Å². The van der Waals surface area contributed by atoms with Gasteiger partial charge in [0, 0.05) is 16.8 Å². The number of benzene rings is 1. The Labute approximate surface area is 196 Å². The van der Waals surface area contributed by atoms with Gasteiger partial charge >= 0.3 is 0 Å². The molecule has 1 N–H and O–H groups in total. The molecule has 5 rings (SSSR count). The molecule has 5 nitrogen and oxygen atoms in total. The number of carbonyl (C=O) groups is 1. The third-order valence-corrected chi connectivity index (χ3v) is 8.13. The number of amides is 1. The molecule has 0 saturated heterocycles. The first kappa shape index (κ1) is 21.3. The first-order valence-electron chi connectivity index (χ1n) is 11.1. The molecule has 0 saturated carbocycles. The van der Waals surface area contributed by atoms with Gasteiger partial charge in [0.15, 0.2) is 0 Å². The van der Waals surface area contributed by atoms with E-state index in [1.54, 1.807) is 17.7 Å². The average molecular weight is 463 g/mol. The molecule has 1 atom stereocenters. The molecule has 0 bridgehead atoms. The fourth-order valence-corrected chi connectivity index (χ4v) is 6.53. The van der Waals surface area contributed by atoms with Crippen LogP contribution in [0.3, 0.4) is 0 Å². The van der Waals surface area contributed by atoms with Crippen LogP contribution in [0.2, 0.25) is 0 Å². The molecule has 32 heavy (non-hydrogen) atoms. The second-order valence-corrected chi connectivity index (χ2v) is 11.0. The fraction of sp³-hybridized carbons (Fsp3) is 0.360. The highest BCUT2D eigenvalue weighted by Crippen LogP contribution is 2.42. The van der Waals surface area contributed by atoms with Crippen LogP contribution in [0, 0.1) is 5.92 Å². The van der Waals surface area contributed by atoms with E-state index in [0.717, 1.165) is 45.0 Å². The molecule has 1 amide bonds. The number of hydrogen-bond donors (Lipinski definition) is 1. The summed E-state index contributed by atoms with van der Waals surface area (Å²) < 4.78 is 1.04. The van der Waals surface area contributed by atoms with Crippen LogP contribution in [0.25, 0.3) is 20.4 Å². The summed E-state index contributed by atoms with van der Waals surface area (Å²) in [6, 6.07) is 9.55. The number of hydrogen-bond acceptors (Lipinski definition) is 6. The third kappa shape index (κ3) is 3.99. The van der Waals surface area contributed by atoms with Crippen LogP contribution in [0.15, 0.2) is 41.7 Å². The highest BCUT2D eigenvalue weighted by molar-refractivity contribution is 8.00. The van der Waals surface area contributed by atoms with Gasteiger partial charge in [0.2, 0.25) is 5.91 Å². The SMILES string of the molecule is CC(C)Cc1nc2sc3c(SC(C)C(=O)Nc4ccccc4)ncnc3c2c2c1CCC2. The highest BCUT2D eigenvalue weighted by atomic mass is 32.2. The molecule has 0 radical (unpaired) electrons. The van der Waals surface area contributed by atoms with Crippen LogP contribution in [0.5, 0.6) is 0 Å². The maximum absolute atomic E-state index is 12.7. The Morgan fingerprint density at radius 2 is 1.91 bits per heavy atom. The van der Waals surface area contributed by atoms with Gasteiger partial charge in [0.05, 0.1) is 15.5 Å². The van der Waals surface area contributed by atoms with Crippen molar-refractivity contribution in [3.63, 3.8) is 0 Å². The molecule has 1 unspecified atom stereocenters.